The van der Waals surface area contributed by atoms with Crippen LogP contribution in [0.3, 0.4) is 0 Å². The van der Waals surface area contributed by atoms with Gasteiger partial charge in [0.2, 0.25) is 88.6 Å². The first-order valence-electron chi connectivity index (χ1n) is 36.3. The average Bonchev–Trinajstić information content (AvgIpc) is 1.64. The molecule has 0 saturated carbocycles. The fourth-order valence-corrected chi connectivity index (χ4v) is 12.7. The van der Waals surface area contributed by atoms with Gasteiger partial charge in [-0.05, 0) is 115 Å². The number of hydrogen-bond acceptors (Lipinski definition) is 22. The maximum absolute atomic E-state index is 14.5. The first-order chi connectivity index (χ1) is 52.1. The largest absolute Gasteiger partial charge is 0.481 e. The number of rotatable bonds is 47. The molecule has 3 fully saturated rings. The summed E-state index contributed by atoms with van der Waals surface area (Å²) in [6, 6.07) is -15.6. The zero-order valence-corrected chi connectivity index (χ0v) is 63.3. The number of carboxylic acid groups (broad SMARTS) is 2. The minimum absolute atomic E-state index is 0.0129. The molecular formula is C66H108N24O19S. The van der Waals surface area contributed by atoms with E-state index in [0.717, 1.165) is 4.90 Å². The summed E-state index contributed by atoms with van der Waals surface area (Å²) >= 11 is 1.26. The Morgan fingerprint density at radius 2 is 1.04 bits per heavy atom. The molecule has 44 heteroatoms. The van der Waals surface area contributed by atoms with Crippen molar-refractivity contribution in [1.82, 2.24) is 83.2 Å². The maximum atomic E-state index is 14.5. The van der Waals surface area contributed by atoms with E-state index < -0.39 is 224 Å². The lowest BCUT2D eigenvalue weighted by atomic mass is 9.97. The number of primary amides is 1. The highest BCUT2D eigenvalue weighted by Gasteiger charge is 2.43. The number of aromatic nitrogens is 2. The molecule has 0 unspecified atom stereocenters. The number of thioether (sulfide) groups is 1. The number of nitrogens with zero attached hydrogens (tertiary/aromatic N) is 6. The Morgan fingerprint density at radius 1 is 0.536 bits per heavy atom. The lowest BCUT2D eigenvalue weighted by molar-refractivity contribution is -0.144. The van der Waals surface area contributed by atoms with Gasteiger partial charge in [-0.1, -0.05) is 20.3 Å². The highest BCUT2D eigenvalue weighted by molar-refractivity contribution is 7.98. The highest BCUT2D eigenvalue weighted by Crippen LogP contribution is 2.23. The number of amides is 15. The molecule has 0 aromatic carbocycles. The van der Waals surface area contributed by atoms with Crippen molar-refractivity contribution in [3.63, 3.8) is 0 Å². The summed E-state index contributed by atoms with van der Waals surface area (Å²) < 4.78 is 0. The van der Waals surface area contributed by atoms with Crippen LogP contribution in [-0.4, -0.2) is 284 Å². The summed E-state index contributed by atoms with van der Waals surface area (Å²) in [5.74, 6) is -15.8. The first-order valence-corrected chi connectivity index (χ1v) is 37.7. The van der Waals surface area contributed by atoms with Crippen LogP contribution in [-0.2, 0) is 87.9 Å². The number of nitrogens with two attached hydrogens (primary N) is 6. The predicted octanol–water partition coefficient (Wildman–Crippen LogP) is -8.36. The summed E-state index contributed by atoms with van der Waals surface area (Å²) in [6.07, 6.45) is 4.19. The van der Waals surface area contributed by atoms with Gasteiger partial charge in [0.25, 0.3) is 0 Å². The van der Waals surface area contributed by atoms with Crippen LogP contribution < -0.4 is 92.9 Å². The Hall–Kier alpha value is -10.9. The summed E-state index contributed by atoms with van der Waals surface area (Å²) in [5, 5.41) is 46.6. The van der Waals surface area contributed by atoms with Crippen LogP contribution in [0.1, 0.15) is 136 Å². The molecule has 110 heavy (non-hydrogen) atoms. The number of guanidine groups is 2. The summed E-state index contributed by atoms with van der Waals surface area (Å²) in [6.45, 7) is 4.30. The van der Waals surface area contributed by atoms with Crippen LogP contribution in [0.4, 0.5) is 0 Å². The molecule has 3 saturated heterocycles. The molecule has 1 aromatic heterocycles. The summed E-state index contributed by atoms with van der Waals surface area (Å²) in [4.78, 5) is 247. The van der Waals surface area contributed by atoms with E-state index >= 15 is 0 Å². The monoisotopic (exact) mass is 1570 g/mol. The van der Waals surface area contributed by atoms with Crippen molar-refractivity contribution in [2.24, 2.45) is 50.3 Å². The number of carbonyl (C=O) groups excluding carboxylic acids is 15. The molecule has 0 bridgehead atoms. The third-order valence-corrected chi connectivity index (χ3v) is 19.0. The average molecular weight is 1570 g/mol. The predicted molar refractivity (Wildman–Crippen MR) is 396 cm³/mol. The number of aliphatic carboxylic acids is 2. The number of H-pyrrole nitrogens is 1. The fourth-order valence-electron chi connectivity index (χ4n) is 12.3. The van der Waals surface area contributed by atoms with Gasteiger partial charge in [0.15, 0.2) is 11.9 Å². The minimum atomic E-state index is -1.65. The summed E-state index contributed by atoms with van der Waals surface area (Å²) in [7, 11) is 0. The second-order valence-electron chi connectivity index (χ2n) is 26.9. The van der Waals surface area contributed by atoms with Crippen molar-refractivity contribution in [2.45, 2.75) is 209 Å². The second kappa shape index (κ2) is 46.4. The van der Waals surface area contributed by atoms with Gasteiger partial charge in [-0.25, -0.2) is 4.98 Å². The molecule has 0 aliphatic carbocycles. The lowest BCUT2D eigenvalue weighted by Gasteiger charge is -2.31. The quantitative estimate of drug-likeness (QED) is 0.0164. The minimum Gasteiger partial charge on any atom is -0.481 e. The van der Waals surface area contributed by atoms with Crippen molar-refractivity contribution < 1.29 is 91.7 Å². The van der Waals surface area contributed by atoms with Gasteiger partial charge in [-0.2, -0.15) is 11.8 Å². The topological polar surface area (TPSA) is 682 Å². The van der Waals surface area contributed by atoms with Crippen LogP contribution >= 0.6 is 11.8 Å². The van der Waals surface area contributed by atoms with Gasteiger partial charge in [-0.3, -0.25) is 91.5 Å². The molecule has 0 spiro atoms. The Labute approximate surface area is 638 Å². The molecule has 0 radical (unpaired) electrons. The van der Waals surface area contributed by atoms with Gasteiger partial charge < -0.3 is 123 Å². The number of carbonyl (C=O) groups is 17. The normalized spacial score (nSPS) is 17.9. The lowest BCUT2D eigenvalue weighted by Crippen LogP contribution is -2.60. The third-order valence-electron chi connectivity index (χ3n) is 18.4. The first kappa shape index (κ1) is 91.4. The number of likely N-dealkylation sites (tertiary alicyclic amines) is 3. The zero-order chi connectivity index (χ0) is 81.9. The van der Waals surface area contributed by atoms with E-state index in [1.54, 1.807) is 20.1 Å². The zero-order valence-electron chi connectivity index (χ0n) is 62.4. The van der Waals surface area contributed by atoms with Crippen LogP contribution in [0, 0.1) is 5.92 Å². The number of nitrogens with one attached hydrogen (secondary N) is 12. The molecular weight excluding hydrogens is 1460 g/mol. The maximum Gasteiger partial charge on any atom is 0.322 e. The molecule has 3 aliphatic rings. The molecule has 3 aliphatic heterocycles. The van der Waals surface area contributed by atoms with E-state index in [2.05, 4.69) is 78.4 Å². The van der Waals surface area contributed by atoms with Crippen LogP contribution in [0.15, 0.2) is 22.5 Å². The number of carboxylic acids is 2. The van der Waals surface area contributed by atoms with E-state index in [1.165, 1.54) is 47.9 Å². The van der Waals surface area contributed by atoms with E-state index in [1.807, 2.05) is 0 Å². The highest BCUT2D eigenvalue weighted by atomic mass is 32.2. The Bertz CT molecular complexity index is 3470. The van der Waals surface area contributed by atoms with Gasteiger partial charge >= 0.3 is 11.9 Å². The van der Waals surface area contributed by atoms with Crippen LogP contribution in [0.25, 0.3) is 0 Å². The third kappa shape index (κ3) is 30.6. The van der Waals surface area contributed by atoms with Crippen molar-refractivity contribution in [3.8, 4) is 0 Å². The molecule has 26 N–H and O–H groups in total. The molecule has 4 heterocycles. The smallest absolute Gasteiger partial charge is 0.322 e. The summed E-state index contributed by atoms with van der Waals surface area (Å²) in [5.41, 5.74) is 33.9. The van der Waals surface area contributed by atoms with Gasteiger partial charge in [0, 0.05) is 63.9 Å². The van der Waals surface area contributed by atoms with E-state index in [0.29, 0.717) is 25.0 Å². The SMILES string of the molecule is CC[C@H](C)[C@H](NC(=O)[C@@H]1CCCN1C(=O)CNC(=O)[C@H](C)NC(=O)[C@@H](N)Cc1cnc[nH]1)C(=O)N[C@@H](C)C(=O)N1CCC[C@H]1C(=O)NCC(=O)N[C@@H](CCC(N)=O)C(=O)N[C@@H](CCSC)C(=O)N[C@@H](CCCN=C(N)N)C(=O)N[C@@H](CCC(=O)O)C(=O)N1CCC[C@H]1C(=O)N[C@@H](CCCN=C(N)N)C(=O)NCC(=O)O. The van der Waals surface area contributed by atoms with Gasteiger partial charge in [0.1, 0.15) is 73.0 Å². The van der Waals surface area contributed by atoms with E-state index in [9.17, 15) is 91.7 Å². The number of aromatic amines is 1. The standard InChI is InChI=1S/C66H108N24O19S/c1-6-34(2)52(87-61(106)45-15-9-24-88(45)49(93)31-77-53(98)35(3)80-54(99)38(67)28-37-29-73-33-79-37)62(107)81-36(4)63(108)89-25-10-14-44(89)59(104)76-30-48(92)82-41(17-19-47(68)91)57(102)84-42(21-27-110-5)58(103)83-40(13-8-23-75-66(71)72)56(101)86-43(18-20-50(94)95)64(109)90-26-11-16-46(90)60(105)85-39(12-7-22-74-65(69)70)55(100)78-32-51(96)97/h29,33-36,38-46,52H,6-28,30-32,67H2,1-5H3,(H2,68,91)(H,73,79)(H,76,104)(H,77,98)(H,78,100)(H,80,99)(H,81,107)(H,82,92)(H,83,103)(H,84,102)(H,85,105)(H,86,101)(H,87,106)(H,94,95)(H,96,97)(H4,69,70,74)(H4,71,72,75)/t34-,35-,36-,38-,39-,40-,41-,42-,43-,44-,45-,46-,52-/m0/s1. The van der Waals surface area contributed by atoms with Crippen molar-refractivity contribution in [3.05, 3.63) is 18.2 Å². The molecule has 15 amide bonds. The second-order valence-corrected chi connectivity index (χ2v) is 27.9. The van der Waals surface area contributed by atoms with E-state index in [4.69, 9.17) is 34.4 Å². The Balaban J connectivity index is 1.42. The Kier molecular flexibility index (Phi) is 38.6. The van der Waals surface area contributed by atoms with Gasteiger partial charge in [0.05, 0.1) is 25.5 Å². The number of hydrogen-bond donors (Lipinski definition) is 20. The van der Waals surface area contributed by atoms with Crippen LogP contribution in [0.5, 0.6) is 0 Å². The number of aliphatic imine (C=N–C) groups is 2. The van der Waals surface area contributed by atoms with Gasteiger partial charge in [-0.15, -0.1) is 0 Å². The molecule has 4 rings (SSSR count). The van der Waals surface area contributed by atoms with E-state index in [-0.39, 0.29) is 115 Å². The molecule has 1 aromatic rings. The van der Waals surface area contributed by atoms with Crippen molar-refractivity contribution in [1.29, 1.82) is 0 Å². The van der Waals surface area contributed by atoms with Crippen molar-refractivity contribution in [2.75, 3.05) is 64.4 Å². The molecule has 13 atom stereocenters. The number of imidazole rings is 1. The van der Waals surface area contributed by atoms with Crippen LogP contribution in [0.2, 0.25) is 0 Å². The Morgan fingerprint density at radius 3 is 1.57 bits per heavy atom. The fraction of sp³-hybridized carbons (Fsp3) is 0.667. The molecule has 43 nitrogen and oxygen atoms in total. The van der Waals surface area contributed by atoms with Crippen molar-refractivity contribution >= 4 is 124 Å². The molecule has 612 valence electrons.